The van der Waals surface area contributed by atoms with E-state index in [2.05, 4.69) is 0 Å². The van der Waals surface area contributed by atoms with Crippen molar-refractivity contribution in [1.82, 2.24) is 4.90 Å². The molecule has 0 aromatic carbocycles. The number of carboxylic acid groups (broad SMARTS) is 1. The van der Waals surface area contributed by atoms with Crippen LogP contribution in [0.25, 0.3) is 0 Å². The number of nitrogens with zero attached hydrogens (tertiary/aromatic N) is 1. The van der Waals surface area contributed by atoms with Gasteiger partial charge in [-0.1, -0.05) is 6.08 Å². The lowest BCUT2D eigenvalue weighted by atomic mass is 10.2. The Morgan fingerprint density at radius 1 is 1.44 bits per heavy atom. The number of aliphatic carboxylic acids is 1. The molecule has 0 radical (unpaired) electrons. The van der Waals surface area contributed by atoms with Crippen LogP contribution < -0.4 is 0 Å². The Kier molecular flexibility index (Phi) is 3.23. The van der Waals surface area contributed by atoms with Crippen molar-refractivity contribution in [1.29, 1.82) is 0 Å². The molecule has 1 saturated heterocycles. The predicted octanol–water partition coefficient (Wildman–Crippen LogP) is 1.33. The Hall–Kier alpha value is -0.970. The molecule has 1 amide bonds. The normalized spacial score (nSPS) is 29.9. The van der Waals surface area contributed by atoms with Crippen molar-refractivity contribution in [2.45, 2.75) is 31.2 Å². The molecule has 1 aliphatic carbocycles. The third kappa shape index (κ3) is 2.09. The first-order valence-corrected chi connectivity index (χ1v) is 6.49. The lowest BCUT2D eigenvalue weighted by molar-refractivity contribution is -0.147. The van der Waals surface area contributed by atoms with E-state index in [1.165, 1.54) is 6.08 Å². The van der Waals surface area contributed by atoms with E-state index in [1.54, 1.807) is 29.7 Å². The fourth-order valence-electron chi connectivity index (χ4n) is 1.97. The quantitative estimate of drug-likeness (QED) is 0.757. The summed E-state index contributed by atoms with van der Waals surface area (Å²) in [4.78, 5) is 24.5. The van der Waals surface area contributed by atoms with Crippen molar-refractivity contribution in [2.75, 3.05) is 5.75 Å². The van der Waals surface area contributed by atoms with E-state index in [0.29, 0.717) is 11.7 Å². The van der Waals surface area contributed by atoms with Crippen molar-refractivity contribution in [2.24, 2.45) is 5.92 Å². The highest BCUT2D eigenvalue weighted by atomic mass is 32.2. The monoisotopic (exact) mass is 241 g/mol. The van der Waals surface area contributed by atoms with E-state index in [-0.39, 0.29) is 11.3 Å². The Balaban J connectivity index is 2.17. The zero-order valence-corrected chi connectivity index (χ0v) is 9.94. The molecule has 0 bridgehead atoms. The first kappa shape index (κ1) is 11.5. The number of hydrogen-bond donors (Lipinski definition) is 1. The average Bonchev–Trinajstić information content (AvgIpc) is 2.97. The van der Waals surface area contributed by atoms with Gasteiger partial charge in [-0.15, -0.1) is 11.8 Å². The van der Waals surface area contributed by atoms with E-state index in [4.69, 9.17) is 5.11 Å². The molecule has 1 N–H and O–H groups in total. The molecule has 1 saturated carbocycles. The molecule has 2 unspecified atom stereocenters. The molecule has 0 spiro atoms. The Labute approximate surface area is 98.7 Å². The Morgan fingerprint density at radius 3 is 2.62 bits per heavy atom. The second-order valence-corrected chi connectivity index (χ2v) is 5.31. The summed E-state index contributed by atoms with van der Waals surface area (Å²) in [5.41, 5.74) is 0. The second-order valence-electron chi connectivity index (χ2n) is 4.16. The third-order valence-corrected chi connectivity index (χ3v) is 4.37. The topological polar surface area (TPSA) is 57.6 Å². The summed E-state index contributed by atoms with van der Waals surface area (Å²) in [5, 5.41) is 9.16. The number of thioether (sulfide) groups is 1. The molecule has 2 rings (SSSR count). The smallest absolute Gasteiger partial charge is 0.327 e. The molecule has 1 heterocycles. The van der Waals surface area contributed by atoms with Crippen LogP contribution in [-0.4, -0.2) is 39.1 Å². The molecule has 16 heavy (non-hydrogen) atoms. The third-order valence-electron chi connectivity index (χ3n) is 2.91. The van der Waals surface area contributed by atoms with Crippen molar-refractivity contribution >= 4 is 23.6 Å². The van der Waals surface area contributed by atoms with Crippen LogP contribution in [0.5, 0.6) is 0 Å². The number of allylic oxidation sites excluding steroid dienone is 1. The molecule has 0 aromatic heterocycles. The standard InChI is InChI=1S/C11H15NO3S/c1-2-3-9(13)12-8(11(14)15)6-16-10(12)7-4-5-7/h2-3,7-8,10H,4-6H2,1H3,(H,14,15). The highest BCUT2D eigenvalue weighted by molar-refractivity contribution is 8.00. The minimum absolute atomic E-state index is 0.0739. The number of carboxylic acids is 1. The minimum Gasteiger partial charge on any atom is -0.480 e. The van der Waals surface area contributed by atoms with Gasteiger partial charge in [0.2, 0.25) is 5.91 Å². The van der Waals surface area contributed by atoms with Gasteiger partial charge in [0, 0.05) is 5.75 Å². The summed E-state index contributed by atoms with van der Waals surface area (Å²) in [5.74, 6) is -0.0476. The number of amides is 1. The van der Waals surface area contributed by atoms with E-state index in [1.807, 2.05) is 0 Å². The number of carbonyl (C=O) groups is 2. The maximum Gasteiger partial charge on any atom is 0.327 e. The van der Waals surface area contributed by atoms with Gasteiger partial charge in [0.15, 0.2) is 0 Å². The van der Waals surface area contributed by atoms with Crippen LogP contribution in [0, 0.1) is 5.92 Å². The molecule has 2 atom stereocenters. The highest BCUT2D eigenvalue weighted by Gasteiger charge is 2.47. The van der Waals surface area contributed by atoms with E-state index in [0.717, 1.165) is 12.8 Å². The van der Waals surface area contributed by atoms with Gasteiger partial charge in [-0.3, -0.25) is 4.79 Å². The van der Waals surface area contributed by atoms with Crippen molar-refractivity contribution < 1.29 is 14.7 Å². The molecule has 5 heteroatoms. The van der Waals surface area contributed by atoms with Crippen molar-refractivity contribution in [3.63, 3.8) is 0 Å². The lowest BCUT2D eigenvalue weighted by Gasteiger charge is -2.26. The highest BCUT2D eigenvalue weighted by Crippen LogP contribution is 2.45. The van der Waals surface area contributed by atoms with Crippen molar-refractivity contribution in [3.8, 4) is 0 Å². The first-order chi connectivity index (χ1) is 7.65. The van der Waals surface area contributed by atoms with Crippen molar-refractivity contribution in [3.05, 3.63) is 12.2 Å². The van der Waals surface area contributed by atoms with Gasteiger partial charge in [-0.05, 0) is 31.8 Å². The summed E-state index contributed by atoms with van der Waals surface area (Å²) in [7, 11) is 0. The number of hydrogen-bond acceptors (Lipinski definition) is 3. The van der Waals surface area contributed by atoms with E-state index >= 15 is 0 Å². The fourth-order valence-corrected chi connectivity index (χ4v) is 3.61. The molecule has 2 aliphatic rings. The summed E-state index contributed by atoms with van der Waals surface area (Å²) >= 11 is 1.60. The van der Waals surface area contributed by atoms with Crippen LogP contribution in [-0.2, 0) is 9.59 Å². The van der Waals surface area contributed by atoms with Crippen LogP contribution in [0.4, 0.5) is 0 Å². The van der Waals surface area contributed by atoms with Gasteiger partial charge < -0.3 is 10.0 Å². The molecular weight excluding hydrogens is 226 g/mol. The van der Waals surface area contributed by atoms with Crippen LogP contribution in [0.15, 0.2) is 12.2 Å². The predicted molar refractivity (Wildman–Crippen MR) is 62.1 cm³/mol. The lowest BCUT2D eigenvalue weighted by Crippen LogP contribution is -2.45. The zero-order valence-electron chi connectivity index (χ0n) is 9.13. The molecule has 1 aliphatic heterocycles. The molecule has 0 aromatic rings. The largest absolute Gasteiger partial charge is 0.480 e. The van der Waals surface area contributed by atoms with Crippen LogP contribution in [0.2, 0.25) is 0 Å². The number of carbonyl (C=O) groups excluding carboxylic acids is 1. The molecular formula is C11H15NO3S. The van der Waals surface area contributed by atoms with E-state index in [9.17, 15) is 9.59 Å². The summed E-state index contributed by atoms with van der Waals surface area (Å²) in [6.45, 7) is 1.77. The zero-order chi connectivity index (χ0) is 11.7. The Bertz CT molecular complexity index is 338. The van der Waals surface area contributed by atoms with Gasteiger partial charge in [0.25, 0.3) is 0 Å². The van der Waals surface area contributed by atoms with Crippen LogP contribution in [0.3, 0.4) is 0 Å². The van der Waals surface area contributed by atoms with E-state index < -0.39 is 12.0 Å². The number of rotatable bonds is 3. The Morgan fingerprint density at radius 2 is 2.12 bits per heavy atom. The summed E-state index contributed by atoms with van der Waals surface area (Å²) in [6.07, 6.45) is 5.35. The summed E-state index contributed by atoms with van der Waals surface area (Å²) < 4.78 is 0. The van der Waals surface area contributed by atoms with Crippen LogP contribution >= 0.6 is 11.8 Å². The second kappa shape index (κ2) is 4.49. The fraction of sp³-hybridized carbons (Fsp3) is 0.636. The van der Waals surface area contributed by atoms with Gasteiger partial charge in [0.1, 0.15) is 6.04 Å². The van der Waals surface area contributed by atoms with Gasteiger partial charge in [-0.25, -0.2) is 4.79 Å². The average molecular weight is 241 g/mol. The van der Waals surface area contributed by atoms with Gasteiger partial charge in [-0.2, -0.15) is 0 Å². The molecule has 2 fully saturated rings. The molecule has 4 nitrogen and oxygen atoms in total. The maximum absolute atomic E-state index is 11.9. The van der Waals surface area contributed by atoms with Crippen LogP contribution in [0.1, 0.15) is 19.8 Å². The minimum atomic E-state index is -0.895. The first-order valence-electron chi connectivity index (χ1n) is 5.44. The van der Waals surface area contributed by atoms with Gasteiger partial charge in [0.05, 0.1) is 5.37 Å². The van der Waals surface area contributed by atoms with Gasteiger partial charge >= 0.3 is 5.97 Å². The summed E-state index contributed by atoms with van der Waals surface area (Å²) in [6, 6.07) is -0.653. The maximum atomic E-state index is 11.9. The SMILES string of the molecule is CC=CC(=O)N1C(C(=O)O)CSC1C1CC1. The molecule has 88 valence electrons.